The number of carbonyl (C=O) groups excluding carboxylic acids is 3. The van der Waals surface area contributed by atoms with Crippen LogP contribution in [0.1, 0.15) is 38.5 Å². The molecule has 0 aliphatic carbocycles. The Morgan fingerprint density at radius 3 is 2.65 bits per heavy atom. The molecule has 0 radical (unpaired) electrons. The number of carboxylic acid groups (broad SMARTS) is 1. The van der Waals surface area contributed by atoms with Gasteiger partial charge in [-0.1, -0.05) is 37.2 Å². The van der Waals surface area contributed by atoms with Crippen molar-refractivity contribution in [2.24, 2.45) is 0 Å². The van der Waals surface area contributed by atoms with Crippen LogP contribution in [0.25, 0.3) is 0 Å². The van der Waals surface area contributed by atoms with E-state index in [1.807, 2.05) is 5.32 Å². The Bertz CT molecular complexity index is 811. The lowest BCUT2D eigenvalue weighted by atomic mass is 9.74. The quantitative estimate of drug-likeness (QED) is 0.767. The van der Waals surface area contributed by atoms with Gasteiger partial charge in [-0.05, 0) is 18.4 Å². The van der Waals surface area contributed by atoms with Crippen LogP contribution < -0.4 is 5.32 Å². The van der Waals surface area contributed by atoms with Crippen molar-refractivity contribution in [2.75, 3.05) is 6.54 Å². The van der Waals surface area contributed by atoms with Gasteiger partial charge in [0.25, 0.3) is 5.91 Å². The summed E-state index contributed by atoms with van der Waals surface area (Å²) in [6.45, 7) is -3.81. The van der Waals surface area contributed by atoms with E-state index in [0.29, 0.717) is 4.90 Å². The number of rotatable bonds is 6. The van der Waals surface area contributed by atoms with Gasteiger partial charge in [0.1, 0.15) is 0 Å². The molecule has 1 heterocycles. The van der Waals surface area contributed by atoms with Crippen LogP contribution in [0.5, 0.6) is 0 Å². The third kappa shape index (κ3) is 2.94. The molecule has 122 valence electrons. The maximum absolute atomic E-state index is 13.2. The number of carboxylic acids is 1. The molecule has 2 N–H and O–H groups in total. The van der Waals surface area contributed by atoms with Gasteiger partial charge < -0.3 is 5.11 Å². The molecule has 4 amide bonds. The second-order valence-electron chi connectivity index (χ2n) is 4.95. The summed E-state index contributed by atoms with van der Waals surface area (Å²) in [6, 6.07) is 5.63. The van der Waals surface area contributed by atoms with Crippen LogP contribution in [0, 0.1) is 0 Å². The monoisotopic (exact) mass is 323 g/mol. The van der Waals surface area contributed by atoms with Crippen molar-refractivity contribution >= 4 is 23.8 Å². The van der Waals surface area contributed by atoms with E-state index in [1.165, 1.54) is 30.3 Å². The fourth-order valence-electron chi connectivity index (χ4n) is 2.37. The van der Waals surface area contributed by atoms with Crippen LogP contribution in [0.2, 0.25) is 0 Å². The Labute approximate surface area is 140 Å². The van der Waals surface area contributed by atoms with Gasteiger partial charge in [0.05, 0.1) is 0 Å². The molecule has 0 bridgehead atoms. The molecule has 7 heteroatoms. The molecule has 0 spiro atoms. The van der Waals surface area contributed by atoms with Gasteiger partial charge >= 0.3 is 12.0 Å². The van der Waals surface area contributed by atoms with Crippen molar-refractivity contribution in [3.63, 3.8) is 0 Å². The van der Waals surface area contributed by atoms with E-state index in [-0.39, 0.29) is 18.4 Å². The predicted molar refractivity (Wildman–Crippen MR) is 80.5 cm³/mol. The Hall–Kier alpha value is -2.70. The zero-order chi connectivity index (χ0) is 21.3. The number of imide groups is 2. The van der Waals surface area contributed by atoms with Gasteiger partial charge in [0, 0.05) is 19.8 Å². The molecule has 1 aromatic rings. The summed E-state index contributed by atoms with van der Waals surface area (Å²) >= 11 is 0. The van der Waals surface area contributed by atoms with Crippen molar-refractivity contribution in [2.45, 2.75) is 31.5 Å². The maximum Gasteiger partial charge on any atom is 0.330 e. The average molecular weight is 323 g/mol. The molecule has 1 saturated heterocycles. The van der Waals surface area contributed by atoms with Crippen molar-refractivity contribution in [3.05, 3.63) is 35.9 Å². The maximum atomic E-state index is 13.2. The van der Waals surface area contributed by atoms with Crippen LogP contribution >= 0.6 is 0 Å². The van der Waals surface area contributed by atoms with E-state index in [2.05, 4.69) is 0 Å². The Balaban J connectivity index is 2.65. The number of carbonyl (C=O) groups is 4. The largest absolute Gasteiger partial charge is 0.481 e. The summed E-state index contributed by atoms with van der Waals surface area (Å²) in [5, 5.41) is 10.6. The Morgan fingerprint density at radius 1 is 1.35 bits per heavy atom. The van der Waals surface area contributed by atoms with E-state index in [1.54, 1.807) is 0 Å². The number of nitrogens with zero attached hydrogens (tertiary/aromatic N) is 1. The standard InChI is InChI=1S/C16H18N2O5/c1-2-16(11-7-4-3-5-8-11)13(21)17-15(23)18(14(16)22)10-6-9-12(19)20/h3-5,7-8H,2,6,9-10H2,1H3,(H,19,20)(H,17,21,23)/i1D3,2D2. The predicted octanol–water partition coefficient (Wildman–Crippen LogP) is 1.28. The van der Waals surface area contributed by atoms with Gasteiger partial charge in [-0.3, -0.25) is 24.6 Å². The van der Waals surface area contributed by atoms with E-state index in [0.717, 1.165) is 0 Å². The summed E-state index contributed by atoms with van der Waals surface area (Å²) in [6.07, 6.45) is -3.89. The average Bonchev–Trinajstić information content (AvgIpc) is 2.57. The van der Waals surface area contributed by atoms with Gasteiger partial charge in [-0.2, -0.15) is 0 Å². The fourth-order valence-corrected chi connectivity index (χ4v) is 2.37. The third-order valence-electron chi connectivity index (χ3n) is 3.54. The molecule has 2 rings (SSSR count). The summed E-state index contributed by atoms with van der Waals surface area (Å²) in [5.41, 5.74) is -3.08. The number of hydrogen-bond acceptors (Lipinski definition) is 4. The number of barbiturate groups is 1. The molecule has 7 nitrogen and oxygen atoms in total. The minimum Gasteiger partial charge on any atom is -0.481 e. The molecular weight excluding hydrogens is 300 g/mol. The summed E-state index contributed by atoms with van der Waals surface area (Å²) in [5.74, 6) is -3.91. The van der Waals surface area contributed by atoms with Crippen LogP contribution in [-0.4, -0.2) is 40.4 Å². The van der Waals surface area contributed by atoms with Gasteiger partial charge in [-0.25, -0.2) is 4.79 Å². The molecule has 1 aromatic carbocycles. The Morgan fingerprint density at radius 2 is 2.04 bits per heavy atom. The molecule has 1 fully saturated rings. The van der Waals surface area contributed by atoms with Gasteiger partial charge in [-0.15, -0.1) is 0 Å². The van der Waals surface area contributed by atoms with Crippen LogP contribution in [0.4, 0.5) is 4.79 Å². The van der Waals surface area contributed by atoms with Crippen molar-refractivity contribution in [1.29, 1.82) is 0 Å². The van der Waals surface area contributed by atoms with Crippen molar-refractivity contribution < 1.29 is 31.1 Å². The highest BCUT2D eigenvalue weighted by atomic mass is 16.4. The molecule has 1 unspecified atom stereocenters. The molecule has 1 aliphatic heterocycles. The number of benzene rings is 1. The van der Waals surface area contributed by atoms with Gasteiger partial charge in [0.15, 0.2) is 5.41 Å². The van der Waals surface area contributed by atoms with E-state index in [9.17, 15) is 19.2 Å². The van der Waals surface area contributed by atoms with E-state index < -0.39 is 49.0 Å². The number of hydrogen-bond donors (Lipinski definition) is 2. The van der Waals surface area contributed by atoms with E-state index >= 15 is 0 Å². The first-order chi connectivity index (χ1) is 12.9. The molecule has 1 aliphatic rings. The van der Waals surface area contributed by atoms with Crippen LogP contribution in [0.3, 0.4) is 0 Å². The van der Waals surface area contributed by atoms with Crippen molar-refractivity contribution in [1.82, 2.24) is 10.2 Å². The second-order valence-corrected chi connectivity index (χ2v) is 4.95. The van der Waals surface area contributed by atoms with E-state index in [4.69, 9.17) is 12.0 Å². The summed E-state index contributed by atoms with van der Waals surface area (Å²) in [7, 11) is 0. The lowest BCUT2D eigenvalue weighted by molar-refractivity contribution is -0.146. The summed E-state index contributed by atoms with van der Waals surface area (Å²) < 4.78 is 39.2. The fraction of sp³-hybridized carbons (Fsp3) is 0.375. The highest BCUT2D eigenvalue weighted by molar-refractivity contribution is 6.22. The highest BCUT2D eigenvalue weighted by Crippen LogP contribution is 2.33. The number of amides is 4. The topological polar surface area (TPSA) is 104 Å². The normalized spacial score (nSPS) is 25.7. The highest BCUT2D eigenvalue weighted by Gasteiger charge is 2.53. The minimum atomic E-state index is -3.39. The zero-order valence-corrected chi connectivity index (χ0v) is 12.0. The number of aliphatic carboxylic acids is 1. The Kier molecular flexibility index (Phi) is 3.14. The second kappa shape index (κ2) is 6.60. The molecule has 0 aromatic heterocycles. The van der Waals surface area contributed by atoms with Crippen molar-refractivity contribution in [3.8, 4) is 0 Å². The molecular formula is C16H18N2O5. The molecule has 0 saturated carbocycles. The molecule has 1 atom stereocenters. The van der Waals surface area contributed by atoms with Gasteiger partial charge in [0.2, 0.25) is 5.91 Å². The lowest BCUT2D eigenvalue weighted by Crippen LogP contribution is -2.65. The third-order valence-corrected chi connectivity index (χ3v) is 3.54. The SMILES string of the molecule is [2H]C([2H])([2H])C([2H])([2H])C1(c2ccccc2)C(=O)NC(=O)N(CCCC(=O)O)C1=O. The minimum absolute atomic E-state index is 0.148. The molecule has 23 heavy (non-hydrogen) atoms. The van der Waals surface area contributed by atoms with Crippen LogP contribution in [-0.2, 0) is 19.8 Å². The summed E-state index contributed by atoms with van der Waals surface area (Å²) in [4.78, 5) is 49.4. The first kappa shape index (κ1) is 10.9. The first-order valence-corrected chi connectivity index (χ1v) is 6.82. The zero-order valence-electron chi connectivity index (χ0n) is 17.0. The van der Waals surface area contributed by atoms with Crippen LogP contribution in [0.15, 0.2) is 30.3 Å². The first-order valence-electron chi connectivity index (χ1n) is 9.32. The lowest BCUT2D eigenvalue weighted by Gasteiger charge is -2.39. The number of urea groups is 1. The smallest absolute Gasteiger partial charge is 0.330 e. The number of nitrogens with one attached hydrogen (secondary N) is 1.